The summed E-state index contributed by atoms with van der Waals surface area (Å²) in [6, 6.07) is 5.16. The number of rotatable bonds is 1. The van der Waals surface area contributed by atoms with Crippen LogP contribution in [0.1, 0.15) is 5.56 Å². The standard InChI is InChI=1S/C9H4N4O2/c14-9(15)7-4-2-1-3-5-6(4)8(10-7)12-13-11-5/h1-3H,(H,14,15). The van der Waals surface area contributed by atoms with Crippen LogP contribution in [0.4, 0.5) is 5.82 Å². The quantitative estimate of drug-likeness (QED) is 0.725. The van der Waals surface area contributed by atoms with Crippen LogP contribution in [0.3, 0.4) is 0 Å². The van der Waals surface area contributed by atoms with Crippen molar-refractivity contribution in [3.05, 3.63) is 23.8 Å². The van der Waals surface area contributed by atoms with E-state index in [9.17, 15) is 4.79 Å². The zero-order valence-electron chi connectivity index (χ0n) is 7.38. The highest BCUT2D eigenvalue weighted by atomic mass is 16.4. The summed E-state index contributed by atoms with van der Waals surface area (Å²) in [4.78, 5) is 14.8. The maximum Gasteiger partial charge on any atom is 0.355 e. The molecular formula is C9H4N4O2. The third-order valence-corrected chi connectivity index (χ3v) is 2.23. The van der Waals surface area contributed by atoms with E-state index in [1.807, 2.05) is 0 Å². The van der Waals surface area contributed by atoms with Crippen molar-refractivity contribution in [1.29, 1.82) is 0 Å². The predicted octanol–water partition coefficient (Wildman–Crippen LogP) is 0.544. The number of aromatic nitrogens is 3. The van der Waals surface area contributed by atoms with Gasteiger partial charge in [-0.3, -0.25) is 0 Å². The molecule has 0 saturated carbocycles. The maximum absolute atomic E-state index is 10.9. The monoisotopic (exact) mass is 200 g/mol. The molecule has 1 N–H and O–H groups in total. The molecule has 0 amide bonds. The Labute approximate surface area is 83.3 Å². The smallest absolute Gasteiger partial charge is 0.355 e. The average Bonchev–Trinajstić information content (AvgIpc) is 2.61. The Kier molecular flexibility index (Phi) is 1.37. The van der Waals surface area contributed by atoms with Crippen molar-refractivity contribution in [1.82, 2.24) is 15.4 Å². The van der Waals surface area contributed by atoms with Gasteiger partial charge in [0.2, 0.25) is 0 Å². The normalized spacial score (nSPS) is 12.9. The minimum Gasteiger partial charge on any atom is -0.476 e. The summed E-state index contributed by atoms with van der Waals surface area (Å²) in [5.74, 6) is -0.742. The highest BCUT2D eigenvalue weighted by molar-refractivity contribution is 6.47. The van der Waals surface area contributed by atoms with Crippen molar-refractivity contribution >= 4 is 28.4 Å². The van der Waals surface area contributed by atoms with Crippen LogP contribution in [-0.4, -0.2) is 32.2 Å². The topological polar surface area (TPSA) is 88.3 Å². The lowest BCUT2D eigenvalue weighted by Crippen LogP contribution is -2.11. The van der Waals surface area contributed by atoms with E-state index < -0.39 is 5.97 Å². The van der Waals surface area contributed by atoms with Gasteiger partial charge in [0, 0.05) is 5.56 Å². The summed E-state index contributed by atoms with van der Waals surface area (Å²) in [6.45, 7) is 0. The molecule has 0 bridgehead atoms. The van der Waals surface area contributed by atoms with Crippen molar-refractivity contribution in [2.75, 3.05) is 0 Å². The Morgan fingerprint density at radius 2 is 2.13 bits per heavy atom. The molecule has 0 atom stereocenters. The van der Waals surface area contributed by atoms with Crippen LogP contribution in [0.15, 0.2) is 23.2 Å². The van der Waals surface area contributed by atoms with E-state index in [4.69, 9.17) is 5.11 Å². The molecule has 2 aromatic rings. The van der Waals surface area contributed by atoms with Crippen LogP contribution >= 0.6 is 0 Å². The third kappa shape index (κ3) is 0.954. The maximum atomic E-state index is 10.9. The molecule has 0 spiro atoms. The van der Waals surface area contributed by atoms with E-state index >= 15 is 0 Å². The van der Waals surface area contributed by atoms with Gasteiger partial charge in [-0.15, -0.1) is 10.2 Å². The number of hydrogen-bond donors (Lipinski definition) is 1. The van der Waals surface area contributed by atoms with Crippen LogP contribution in [0.5, 0.6) is 0 Å². The summed E-state index contributed by atoms with van der Waals surface area (Å²) in [6.07, 6.45) is 0. The molecule has 0 aliphatic carbocycles. The molecule has 72 valence electrons. The Hall–Kier alpha value is -2.37. The van der Waals surface area contributed by atoms with E-state index in [0.717, 1.165) is 0 Å². The first kappa shape index (κ1) is 7.98. The number of aliphatic imine (C=N–C) groups is 1. The van der Waals surface area contributed by atoms with Crippen LogP contribution in [0.25, 0.3) is 10.9 Å². The molecule has 1 aliphatic heterocycles. The minimum absolute atomic E-state index is 0.00194. The third-order valence-electron chi connectivity index (χ3n) is 2.23. The van der Waals surface area contributed by atoms with Crippen molar-refractivity contribution in [2.45, 2.75) is 0 Å². The zero-order valence-corrected chi connectivity index (χ0v) is 7.38. The van der Waals surface area contributed by atoms with Gasteiger partial charge in [0.1, 0.15) is 0 Å². The van der Waals surface area contributed by atoms with Gasteiger partial charge in [0.15, 0.2) is 11.5 Å². The molecule has 1 aromatic carbocycles. The second-order valence-electron chi connectivity index (χ2n) is 3.08. The van der Waals surface area contributed by atoms with Crippen LogP contribution < -0.4 is 0 Å². The van der Waals surface area contributed by atoms with E-state index in [2.05, 4.69) is 20.4 Å². The van der Waals surface area contributed by atoms with Gasteiger partial charge >= 0.3 is 5.97 Å². The van der Waals surface area contributed by atoms with Crippen LogP contribution in [-0.2, 0) is 4.79 Å². The van der Waals surface area contributed by atoms with Gasteiger partial charge in [0.25, 0.3) is 0 Å². The summed E-state index contributed by atoms with van der Waals surface area (Å²) >= 11 is 0. The Balaban J connectivity index is 2.45. The largest absolute Gasteiger partial charge is 0.476 e. The first-order chi connectivity index (χ1) is 7.27. The number of carbonyl (C=O) groups is 1. The van der Waals surface area contributed by atoms with Crippen molar-refractivity contribution in [3.8, 4) is 0 Å². The van der Waals surface area contributed by atoms with Crippen LogP contribution in [0, 0.1) is 0 Å². The molecule has 1 aromatic heterocycles. The molecule has 15 heavy (non-hydrogen) atoms. The summed E-state index contributed by atoms with van der Waals surface area (Å²) < 4.78 is 0. The summed E-state index contributed by atoms with van der Waals surface area (Å²) in [7, 11) is 0. The van der Waals surface area contributed by atoms with Crippen molar-refractivity contribution < 1.29 is 9.90 Å². The minimum atomic E-state index is -1.07. The van der Waals surface area contributed by atoms with Gasteiger partial charge in [-0.1, -0.05) is 12.1 Å². The second-order valence-corrected chi connectivity index (χ2v) is 3.08. The van der Waals surface area contributed by atoms with E-state index in [0.29, 0.717) is 22.3 Å². The first-order valence-electron chi connectivity index (χ1n) is 4.22. The number of carboxylic acids is 1. The molecule has 6 heteroatoms. The fourth-order valence-electron chi connectivity index (χ4n) is 1.63. The van der Waals surface area contributed by atoms with Gasteiger partial charge in [-0.2, -0.15) is 0 Å². The Bertz CT molecular complexity index is 615. The lowest BCUT2D eigenvalue weighted by molar-refractivity contribution is -0.129. The molecule has 6 nitrogen and oxygen atoms in total. The molecule has 1 aliphatic rings. The molecule has 0 fully saturated rings. The molecule has 0 unspecified atom stereocenters. The lowest BCUT2D eigenvalue weighted by Gasteiger charge is -1.97. The number of benzene rings is 1. The molecule has 3 rings (SSSR count). The van der Waals surface area contributed by atoms with E-state index in [-0.39, 0.29) is 5.71 Å². The second kappa shape index (κ2) is 2.57. The predicted molar refractivity (Wildman–Crippen MR) is 51.2 cm³/mol. The highest BCUT2D eigenvalue weighted by Crippen LogP contribution is 2.31. The lowest BCUT2D eigenvalue weighted by atomic mass is 10.1. The van der Waals surface area contributed by atoms with Gasteiger partial charge < -0.3 is 5.11 Å². The molecular weight excluding hydrogens is 196 g/mol. The number of hydrogen-bond acceptors (Lipinski definition) is 5. The molecule has 2 heterocycles. The molecule has 0 saturated heterocycles. The SMILES string of the molecule is O=C(O)C1=Nc2nnnc3cccc1c23. The van der Waals surface area contributed by atoms with E-state index in [1.165, 1.54) is 0 Å². The summed E-state index contributed by atoms with van der Waals surface area (Å²) in [5.41, 5.74) is 1.16. The van der Waals surface area contributed by atoms with Gasteiger partial charge in [-0.05, 0) is 11.3 Å². The van der Waals surface area contributed by atoms with Gasteiger partial charge in [0.05, 0.1) is 10.9 Å². The molecule has 0 radical (unpaired) electrons. The summed E-state index contributed by atoms with van der Waals surface area (Å²) in [5, 5.41) is 20.6. The van der Waals surface area contributed by atoms with Crippen molar-refractivity contribution in [2.24, 2.45) is 4.99 Å². The number of aliphatic carboxylic acids is 1. The van der Waals surface area contributed by atoms with Crippen LogP contribution in [0.2, 0.25) is 0 Å². The Morgan fingerprint density at radius 1 is 1.27 bits per heavy atom. The average molecular weight is 200 g/mol. The van der Waals surface area contributed by atoms with Crippen molar-refractivity contribution in [3.63, 3.8) is 0 Å². The van der Waals surface area contributed by atoms with E-state index in [1.54, 1.807) is 18.2 Å². The fraction of sp³-hybridized carbons (Fsp3) is 0. The first-order valence-corrected chi connectivity index (χ1v) is 4.22. The highest BCUT2D eigenvalue weighted by Gasteiger charge is 2.24. The zero-order chi connectivity index (χ0) is 10.4. The Morgan fingerprint density at radius 3 is 2.93 bits per heavy atom. The fourth-order valence-corrected chi connectivity index (χ4v) is 1.63. The van der Waals surface area contributed by atoms with Gasteiger partial charge in [-0.25, -0.2) is 9.79 Å². The number of carboxylic acid groups (broad SMARTS) is 1. The number of nitrogens with zero attached hydrogens (tertiary/aromatic N) is 4.